The molecule has 0 unspecified atom stereocenters. The number of carbonyl (C=O) groups is 1. The Morgan fingerprint density at radius 2 is 2.12 bits per heavy atom. The van der Waals surface area contributed by atoms with Crippen molar-refractivity contribution in [1.82, 2.24) is 0 Å². The van der Waals surface area contributed by atoms with Crippen molar-refractivity contribution in [2.75, 3.05) is 0 Å². The van der Waals surface area contributed by atoms with Crippen LogP contribution in [0.1, 0.15) is 13.3 Å². The standard InChI is InChI=1S/C5H7O2.Y/c1-4(2)3-5(6)7;/h1H,3H2,2H3,(H,6,7);/q-1;. The molecule has 0 fully saturated rings. The third kappa shape index (κ3) is 9.58. The molecule has 8 heavy (non-hydrogen) atoms. The van der Waals surface area contributed by atoms with Gasteiger partial charge in [-0.1, -0.05) is 6.92 Å². The molecule has 0 aliphatic heterocycles. The molecule has 0 spiro atoms. The van der Waals surface area contributed by atoms with Gasteiger partial charge in [0.2, 0.25) is 0 Å². The van der Waals surface area contributed by atoms with Gasteiger partial charge < -0.3 is 11.7 Å². The Morgan fingerprint density at radius 3 is 2.12 bits per heavy atom. The van der Waals surface area contributed by atoms with Gasteiger partial charge in [-0.05, 0) is 0 Å². The molecule has 0 aromatic carbocycles. The van der Waals surface area contributed by atoms with Gasteiger partial charge in [-0.25, -0.2) is 0 Å². The van der Waals surface area contributed by atoms with E-state index in [1.807, 2.05) is 0 Å². The van der Waals surface area contributed by atoms with Crippen LogP contribution >= 0.6 is 0 Å². The number of rotatable bonds is 2. The molecule has 0 heterocycles. The van der Waals surface area contributed by atoms with Crippen LogP contribution in [0.2, 0.25) is 0 Å². The number of carboxylic acid groups (broad SMARTS) is 1. The summed E-state index contributed by atoms with van der Waals surface area (Å²) in [7, 11) is 0. The molecule has 0 bridgehead atoms. The SMILES string of the molecule is [CH-]=C(C)CC(=O)O.[Y]. The average molecular weight is 188 g/mol. The smallest absolute Gasteiger partial charge is 0.304 e. The molecule has 43 valence electrons. The van der Waals surface area contributed by atoms with E-state index in [1.165, 1.54) is 0 Å². The third-order valence-corrected chi connectivity index (χ3v) is 0.430. The van der Waals surface area contributed by atoms with E-state index in [0.717, 1.165) is 0 Å². The predicted molar refractivity (Wildman–Crippen MR) is 25.7 cm³/mol. The molecule has 0 rings (SSSR count). The fraction of sp³-hybridized carbons (Fsp3) is 0.400. The maximum absolute atomic E-state index is 9.71. The first-order chi connectivity index (χ1) is 3.13. The van der Waals surface area contributed by atoms with Gasteiger partial charge in [0.05, 0.1) is 0 Å². The van der Waals surface area contributed by atoms with E-state index in [4.69, 9.17) is 11.7 Å². The van der Waals surface area contributed by atoms with Crippen molar-refractivity contribution in [2.24, 2.45) is 0 Å². The zero-order valence-electron chi connectivity index (χ0n) is 4.72. The van der Waals surface area contributed by atoms with Gasteiger partial charge in [-0.2, -0.15) is 0 Å². The van der Waals surface area contributed by atoms with Crippen LogP contribution in [0.3, 0.4) is 0 Å². The molecule has 0 aliphatic rings. The van der Waals surface area contributed by atoms with Crippen molar-refractivity contribution in [1.29, 1.82) is 0 Å². The van der Waals surface area contributed by atoms with Crippen molar-refractivity contribution < 1.29 is 42.6 Å². The van der Waals surface area contributed by atoms with Gasteiger partial charge in [0.25, 0.3) is 0 Å². The van der Waals surface area contributed by atoms with Crippen molar-refractivity contribution in [3.05, 3.63) is 12.2 Å². The van der Waals surface area contributed by atoms with E-state index in [2.05, 4.69) is 0 Å². The van der Waals surface area contributed by atoms with Crippen LogP contribution in [-0.2, 0) is 37.5 Å². The summed E-state index contributed by atoms with van der Waals surface area (Å²) in [5.74, 6) is -0.875. The zero-order chi connectivity index (χ0) is 5.86. The molecule has 2 nitrogen and oxygen atoms in total. The summed E-state index contributed by atoms with van der Waals surface area (Å²) in [5.41, 5.74) is 0.438. The second kappa shape index (κ2) is 5.45. The minimum atomic E-state index is -0.875. The normalized spacial score (nSPS) is 7.12. The van der Waals surface area contributed by atoms with Crippen molar-refractivity contribution in [3.8, 4) is 0 Å². The Balaban J connectivity index is 0. The Morgan fingerprint density at radius 1 is 1.75 bits per heavy atom. The zero-order valence-corrected chi connectivity index (χ0v) is 7.56. The third-order valence-electron chi connectivity index (χ3n) is 0.430. The van der Waals surface area contributed by atoms with Crippen LogP contribution in [-0.4, -0.2) is 11.1 Å². The Hall–Kier alpha value is 0.314. The summed E-state index contributed by atoms with van der Waals surface area (Å²) in [4.78, 5) is 9.71. The number of hydrogen-bond donors (Lipinski definition) is 1. The predicted octanol–water partition coefficient (Wildman–Crippen LogP) is 0.838. The van der Waals surface area contributed by atoms with E-state index < -0.39 is 5.97 Å². The second-order valence-electron chi connectivity index (χ2n) is 1.42. The van der Waals surface area contributed by atoms with E-state index >= 15 is 0 Å². The molecule has 1 radical (unpaired) electrons. The van der Waals surface area contributed by atoms with Crippen molar-refractivity contribution in [3.63, 3.8) is 0 Å². The first kappa shape index (κ1) is 11.2. The van der Waals surface area contributed by atoms with Crippen LogP contribution in [0.4, 0.5) is 0 Å². The fourth-order valence-electron chi connectivity index (χ4n) is 0.239. The summed E-state index contributed by atoms with van der Waals surface area (Å²) < 4.78 is 0. The molecule has 0 atom stereocenters. The quantitative estimate of drug-likeness (QED) is 0.652. The molecule has 0 saturated carbocycles. The van der Waals surface area contributed by atoms with E-state index in [-0.39, 0.29) is 39.1 Å². The van der Waals surface area contributed by atoms with Gasteiger partial charge in [0, 0.05) is 39.1 Å². The molecule has 0 aliphatic carbocycles. The topological polar surface area (TPSA) is 37.3 Å². The van der Waals surface area contributed by atoms with Gasteiger partial charge >= 0.3 is 5.97 Å². The summed E-state index contributed by atoms with van der Waals surface area (Å²) in [6.07, 6.45) is -0.0278. The monoisotopic (exact) mass is 188 g/mol. The summed E-state index contributed by atoms with van der Waals surface area (Å²) in [6.45, 7) is 6.61. The second-order valence-corrected chi connectivity index (χ2v) is 1.42. The maximum atomic E-state index is 9.71. The van der Waals surface area contributed by atoms with E-state index in [0.29, 0.717) is 5.57 Å². The Kier molecular flexibility index (Phi) is 7.60. The molecule has 0 aromatic heterocycles. The first-order valence-corrected chi connectivity index (χ1v) is 1.92. The maximum Gasteiger partial charge on any atom is 0.304 e. The molecule has 1 N–H and O–H groups in total. The van der Waals surface area contributed by atoms with Crippen LogP contribution < -0.4 is 0 Å². The van der Waals surface area contributed by atoms with Crippen LogP contribution in [0.5, 0.6) is 0 Å². The molecule has 0 aromatic rings. The van der Waals surface area contributed by atoms with Crippen LogP contribution in [0, 0.1) is 6.58 Å². The largest absolute Gasteiger partial charge is 0.514 e. The minimum absolute atomic E-state index is 0. The minimum Gasteiger partial charge on any atom is -0.514 e. The Labute approximate surface area is 73.8 Å². The first-order valence-electron chi connectivity index (χ1n) is 1.92. The average Bonchev–Trinajstić information content (AvgIpc) is 1.27. The van der Waals surface area contributed by atoms with E-state index in [1.54, 1.807) is 6.92 Å². The molecule has 0 saturated heterocycles. The van der Waals surface area contributed by atoms with Crippen LogP contribution in [0.25, 0.3) is 0 Å². The molecular weight excluding hydrogens is 181 g/mol. The fourth-order valence-corrected chi connectivity index (χ4v) is 0.239. The summed E-state index contributed by atoms with van der Waals surface area (Å²) in [6, 6.07) is 0. The van der Waals surface area contributed by atoms with Crippen molar-refractivity contribution in [2.45, 2.75) is 13.3 Å². The van der Waals surface area contributed by atoms with Gasteiger partial charge in [-0.3, -0.25) is 10.4 Å². The van der Waals surface area contributed by atoms with E-state index in [9.17, 15) is 4.79 Å². The number of aliphatic carboxylic acids is 1. The molecule has 3 heteroatoms. The summed E-state index contributed by atoms with van der Waals surface area (Å²) in [5, 5.41) is 7.98. The molecule has 0 amide bonds. The van der Waals surface area contributed by atoms with Crippen LogP contribution in [0.15, 0.2) is 5.57 Å². The van der Waals surface area contributed by atoms with Gasteiger partial charge in [0.1, 0.15) is 0 Å². The van der Waals surface area contributed by atoms with Gasteiger partial charge in [0.15, 0.2) is 0 Å². The Bertz CT molecular complexity index is 86.6. The number of hydrogen-bond acceptors (Lipinski definition) is 1. The summed E-state index contributed by atoms with van der Waals surface area (Å²) >= 11 is 0. The number of carboxylic acids is 1. The molecular formula is C5H7O2Y-. The van der Waals surface area contributed by atoms with Gasteiger partial charge in [-0.15, -0.1) is 0 Å². The van der Waals surface area contributed by atoms with Crippen molar-refractivity contribution >= 4 is 5.97 Å².